The molecule has 1 atom stereocenters. The van der Waals surface area contributed by atoms with E-state index in [9.17, 15) is 13.2 Å². The Balaban J connectivity index is 1.87. The van der Waals surface area contributed by atoms with E-state index in [4.69, 9.17) is 11.6 Å². The maximum Gasteiger partial charge on any atom is 0.327 e. The number of anilines is 1. The highest BCUT2D eigenvalue weighted by atomic mass is 35.5. The third kappa shape index (κ3) is 5.11. The summed E-state index contributed by atoms with van der Waals surface area (Å²) in [5.74, 6) is 0. The highest BCUT2D eigenvalue weighted by molar-refractivity contribution is 8.14. The van der Waals surface area contributed by atoms with Crippen molar-refractivity contribution >= 4 is 56.0 Å². The summed E-state index contributed by atoms with van der Waals surface area (Å²) in [4.78, 5) is 19.0. The summed E-state index contributed by atoms with van der Waals surface area (Å²) in [6.07, 6.45) is 0. The van der Waals surface area contributed by atoms with Crippen molar-refractivity contribution < 1.29 is 13.2 Å². The molecule has 2 amide bonds. The Bertz CT molecular complexity index is 1060. The Kier molecular flexibility index (Phi) is 6.52. The average Bonchev–Trinajstić information content (AvgIpc) is 3.02. The fraction of sp³-hybridized carbons (Fsp3) is 0.263. The molecule has 0 spiro atoms. The van der Waals surface area contributed by atoms with Crippen LogP contribution in [0.4, 0.5) is 16.2 Å². The van der Waals surface area contributed by atoms with Crippen LogP contribution in [-0.4, -0.2) is 54.7 Å². The monoisotopic (exact) mass is 452 g/mol. The van der Waals surface area contributed by atoms with Crippen molar-refractivity contribution in [3.8, 4) is 0 Å². The number of urea groups is 1. The number of aliphatic imine (C=N–C) groups is 1. The SMILES string of the molecule is CC1CN(C(=O)Nc2cccc(Cl)c2)C(=Nc2cccc(S(=O)(=O)N(C)C)c2)S1. The second-order valence-electron chi connectivity index (χ2n) is 6.66. The molecular weight excluding hydrogens is 432 g/mol. The zero-order valence-corrected chi connectivity index (χ0v) is 18.6. The quantitative estimate of drug-likeness (QED) is 0.751. The van der Waals surface area contributed by atoms with Gasteiger partial charge in [-0.1, -0.05) is 42.4 Å². The molecular formula is C19H21ClN4O3S2. The molecule has 1 heterocycles. The number of rotatable bonds is 4. The Morgan fingerprint density at radius 1 is 1.24 bits per heavy atom. The van der Waals surface area contributed by atoms with Crippen LogP contribution in [0.25, 0.3) is 0 Å². The lowest BCUT2D eigenvalue weighted by atomic mass is 10.3. The molecule has 1 aliphatic heterocycles. The first-order valence-corrected chi connectivity index (χ1v) is 11.5. The van der Waals surface area contributed by atoms with E-state index in [-0.39, 0.29) is 16.2 Å². The molecule has 10 heteroatoms. The molecule has 1 N–H and O–H groups in total. The van der Waals surface area contributed by atoms with Crippen LogP contribution >= 0.6 is 23.4 Å². The maximum absolute atomic E-state index is 12.8. The fourth-order valence-corrected chi connectivity index (χ4v) is 4.82. The van der Waals surface area contributed by atoms with Crippen molar-refractivity contribution in [2.24, 2.45) is 4.99 Å². The van der Waals surface area contributed by atoms with Crippen LogP contribution in [0.15, 0.2) is 58.4 Å². The summed E-state index contributed by atoms with van der Waals surface area (Å²) < 4.78 is 25.9. The van der Waals surface area contributed by atoms with Gasteiger partial charge in [0, 0.05) is 36.6 Å². The van der Waals surface area contributed by atoms with E-state index < -0.39 is 10.0 Å². The number of nitrogens with one attached hydrogen (secondary N) is 1. The highest BCUT2D eigenvalue weighted by Gasteiger charge is 2.31. The summed E-state index contributed by atoms with van der Waals surface area (Å²) in [6, 6.07) is 12.9. The molecule has 2 aromatic rings. The van der Waals surface area contributed by atoms with Crippen LogP contribution in [0.2, 0.25) is 5.02 Å². The minimum atomic E-state index is -3.57. The van der Waals surface area contributed by atoms with Gasteiger partial charge in [0.25, 0.3) is 0 Å². The van der Waals surface area contributed by atoms with E-state index in [1.54, 1.807) is 41.3 Å². The number of halogens is 1. The Labute approximate surface area is 179 Å². The van der Waals surface area contributed by atoms with E-state index in [1.165, 1.54) is 38.0 Å². The van der Waals surface area contributed by atoms with Gasteiger partial charge in [-0.05, 0) is 36.4 Å². The van der Waals surface area contributed by atoms with Gasteiger partial charge < -0.3 is 5.32 Å². The van der Waals surface area contributed by atoms with Crippen LogP contribution in [-0.2, 0) is 10.0 Å². The first-order chi connectivity index (χ1) is 13.7. The molecule has 29 heavy (non-hydrogen) atoms. The van der Waals surface area contributed by atoms with Gasteiger partial charge in [0.1, 0.15) is 0 Å². The van der Waals surface area contributed by atoms with Gasteiger partial charge >= 0.3 is 6.03 Å². The molecule has 1 unspecified atom stereocenters. The number of hydrogen-bond acceptors (Lipinski definition) is 5. The zero-order chi connectivity index (χ0) is 21.2. The molecule has 0 bridgehead atoms. The van der Waals surface area contributed by atoms with Crippen molar-refractivity contribution in [2.75, 3.05) is 26.0 Å². The number of nitrogens with zero attached hydrogens (tertiary/aromatic N) is 3. The average molecular weight is 453 g/mol. The number of benzene rings is 2. The van der Waals surface area contributed by atoms with Gasteiger partial charge in [0.2, 0.25) is 10.0 Å². The number of sulfonamides is 1. The van der Waals surface area contributed by atoms with Crippen LogP contribution in [0.3, 0.4) is 0 Å². The van der Waals surface area contributed by atoms with Crippen molar-refractivity contribution in [3.63, 3.8) is 0 Å². The van der Waals surface area contributed by atoms with Crippen molar-refractivity contribution in [3.05, 3.63) is 53.6 Å². The lowest BCUT2D eigenvalue weighted by Crippen LogP contribution is -2.36. The third-order valence-electron chi connectivity index (χ3n) is 4.12. The summed E-state index contributed by atoms with van der Waals surface area (Å²) in [5.41, 5.74) is 1.05. The summed E-state index contributed by atoms with van der Waals surface area (Å²) in [7, 11) is -0.614. The van der Waals surface area contributed by atoms with E-state index in [2.05, 4.69) is 10.3 Å². The minimum Gasteiger partial charge on any atom is -0.307 e. The van der Waals surface area contributed by atoms with E-state index in [1.807, 2.05) is 6.92 Å². The number of carbonyl (C=O) groups is 1. The fourth-order valence-electron chi connectivity index (χ4n) is 2.66. The number of amides is 2. The van der Waals surface area contributed by atoms with Crippen LogP contribution in [0, 0.1) is 0 Å². The van der Waals surface area contributed by atoms with Gasteiger partial charge in [-0.25, -0.2) is 22.5 Å². The molecule has 0 aliphatic carbocycles. The van der Waals surface area contributed by atoms with Crippen molar-refractivity contribution in [1.82, 2.24) is 9.21 Å². The largest absolute Gasteiger partial charge is 0.327 e. The van der Waals surface area contributed by atoms with Gasteiger partial charge in [-0.2, -0.15) is 0 Å². The third-order valence-corrected chi connectivity index (χ3v) is 7.24. The molecule has 3 rings (SSSR count). The molecule has 1 saturated heterocycles. The second kappa shape index (κ2) is 8.74. The molecule has 1 fully saturated rings. The smallest absolute Gasteiger partial charge is 0.307 e. The molecule has 0 aromatic heterocycles. The predicted octanol–water partition coefficient (Wildman–Crippen LogP) is 4.25. The Morgan fingerprint density at radius 3 is 2.66 bits per heavy atom. The molecule has 0 radical (unpaired) electrons. The molecule has 7 nitrogen and oxygen atoms in total. The first kappa shape index (κ1) is 21.6. The van der Waals surface area contributed by atoms with Crippen LogP contribution in [0.1, 0.15) is 6.92 Å². The highest BCUT2D eigenvalue weighted by Crippen LogP contribution is 2.30. The summed E-state index contributed by atoms with van der Waals surface area (Å²) in [5, 5.41) is 4.02. The standard InChI is InChI=1S/C19H21ClN4O3S2/c1-13-12-24(18(25)21-15-7-4-6-14(20)10-15)19(28-13)22-16-8-5-9-17(11-16)29(26,27)23(2)3/h4-11,13H,12H2,1-3H3,(H,21,25). The van der Waals surface area contributed by atoms with Gasteiger partial charge in [-0.3, -0.25) is 4.90 Å². The predicted molar refractivity (Wildman–Crippen MR) is 119 cm³/mol. The summed E-state index contributed by atoms with van der Waals surface area (Å²) >= 11 is 7.43. The van der Waals surface area contributed by atoms with Gasteiger partial charge in [0.15, 0.2) is 5.17 Å². The summed E-state index contributed by atoms with van der Waals surface area (Å²) in [6.45, 7) is 2.49. The normalized spacial score (nSPS) is 18.4. The van der Waals surface area contributed by atoms with Crippen LogP contribution in [0.5, 0.6) is 0 Å². The second-order valence-corrected chi connectivity index (χ2v) is 10.7. The Morgan fingerprint density at radius 2 is 1.97 bits per heavy atom. The molecule has 2 aromatic carbocycles. The van der Waals surface area contributed by atoms with Crippen LogP contribution < -0.4 is 5.32 Å². The lowest BCUT2D eigenvalue weighted by molar-refractivity contribution is 0.235. The zero-order valence-electron chi connectivity index (χ0n) is 16.2. The van der Waals surface area contributed by atoms with E-state index in [0.29, 0.717) is 28.1 Å². The minimum absolute atomic E-state index is 0.148. The number of carbonyl (C=O) groups excluding carboxylic acids is 1. The number of thioether (sulfide) groups is 1. The van der Waals surface area contributed by atoms with E-state index in [0.717, 1.165) is 4.31 Å². The maximum atomic E-state index is 12.8. The Hall–Kier alpha value is -2.07. The van der Waals surface area contributed by atoms with Crippen molar-refractivity contribution in [2.45, 2.75) is 17.1 Å². The molecule has 0 saturated carbocycles. The van der Waals surface area contributed by atoms with E-state index >= 15 is 0 Å². The first-order valence-electron chi connectivity index (χ1n) is 8.79. The number of hydrogen-bond donors (Lipinski definition) is 1. The topological polar surface area (TPSA) is 82.1 Å². The number of amidine groups is 1. The molecule has 154 valence electrons. The van der Waals surface area contributed by atoms with Gasteiger partial charge in [-0.15, -0.1) is 0 Å². The van der Waals surface area contributed by atoms with Crippen molar-refractivity contribution in [1.29, 1.82) is 0 Å². The lowest BCUT2D eigenvalue weighted by Gasteiger charge is -2.17. The van der Waals surface area contributed by atoms with Gasteiger partial charge in [0.05, 0.1) is 10.6 Å². The molecule has 1 aliphatic rings.